The summed E-state index contributed by atoms with van der Waals surface area (Å²) in [7, 11) is 0. The number of nitrogens with zero attached hydrogens (tertiary/aromatic N) is 3. The van der Waals surface area contributed by atoms with E-state index >= 15 is 0 Å². The number of hydrogen-bond acceptors (Lipinski definition) is 4. The molecule has 2 heterocycles. The lowest BCUT2D eigenvalue weighted by molar-refractivity contribution is -0.119. The molecule has 0 bridgehead atoms. The highest BCUT2D eigenvalue weighted by Gasteiger charge is 2.55. The minimum absolute atomic E-state index is 0.0383. The van der Waals surface area contributed by atoms with Crippen LogP contribution in [0.2, 0.25) is 0 Å². The number of anilines is 1. The number of hydrogen-bond donors (Lipinski definition) is 1. The Morgan fingerprint density at radius 2 is 1.85 bits per heavy atom. The zero-order valence-electron chi connectivity index (χ0n) is 15.3. The molecular weight excluding hydrogens is 326 g/mol. The molecule has 2 aliphatic heterocycles. The van der Waals surface area contributed by atoms with Crippen molar-refractivity contribution in [1.82, 2.24) is 4.90 Å². The maximum absolute atomic E-state index is 13.3. The van der Waals surface area contributed by atoms with Gasteiger partial charge < -0.3 is 5.11 Å². The number of nitriles is 1. The highest BCUT2D eigenvalue weighted by molar-refractivity contribution is 6.08. The van der Waals surface area contributed by atoms with Crippen LogP contribution in [-0.4, -0.2) is 40.8 Å². The third kappa shape index (κ3) is 2.41. The minimum atomic E-state index is -0.450. The normalized spacial score (nSPS) is 26.3. The summed E-state index contributed by atoms with van der Waals surface area (Å²) in [5.74, 6) is 0.0383. The molecule has 3 atom stereocenters. The van der Waals surface area contributed by atoms with Crippen LogP contribution in [0.15, 0.2) is 36.4 Å². The van der Waals surface area contributed by atoms with Gasteiger partial charge in [-0.2, -0.15) is 5.26 Å². The molecule has 4 rings (SSSR count). The lowest BCUT2D eigenvalue weighted by Crippen LogP contribution is -2.49. The Hall–Kier alpha value is -2.42. The Labute approximate surface area is 153 Å². The van der Waals surface area contributed by atoms with Crippen LogP contribution in [-0.2, 0) is 4.79 Å². The zero-order valence-corrected chi connectivity index (χ0v) is 15.3. The topological polar surface area (TPSA) is 67.6 Å². The first-order valence-corrected chi connectivity index (χ1v) is 9.01. The van der Waals surface area contributed by atoms with E-state index in [9.17, 15) is 15.2 Å². The van der Waals surface area contributed by atoms with Gasteiger partial charge in [0.05, 0.1) is 35.6 Å². The summed E-state index contributed by atoms with van der Waals surface area (Å²) in [6.45, 7) is 6.88. The molecule has 0 aliphatic carbocycles. The summed E-state index contributed by atoms with van der Waals surface area (Å²) >= 11 is 0. The highest BCUT2D eigenvalue weighted by Crippen LogP contribution is 2.43. The van der Waals surface area contributed by atoms with E-state index in [0.717, 1.165) is 16.5 Å². The van der Waals surface area contributed by atoms with Gasteiger partial charge in [0.15, 0.2) is 0 Å². The minimum Gasteiger partial charge on any atom is -0.392 e. The van der Waals surface area contributed by atoms with Crippen LogP contribution in [0.25, 0.3) is 10.8 Å². The first-order chi connectivity index (χ1) is 12.3. The van der Waals surface area contributed by atoms with E-state index in [1.165, 1.54) is 0 Å². The molecule has 2 aromatic carbocycles. The van der Waals surface area contributed by atoms with Crippen LogP contribution >= 0.6 is 0 Å². The standard InChI is InChI=1S/C21H23N3O2/c1-21(2,3)20-23-12-14(25)10-18(23)19(26)24(20)17-9-8-13(11-22)15-6-4-5-7-16(15)17/h4-9,14,18,20,25H,10,12H2,1-3H3. The molecule has 134 valence electrons. The molecular formula is C21H23N3O2. The smallest absolute Gasteiger partial charge is 0.245 e. The SMILES string of the molecule is CC(C)(C)C1N(c2ccc(C#N)c3ccccc23)C(=O)C2CC(O)CN21. The maximum Gasteiger partial charge on any atom is 0.245 e. The lowest BCUT2D eigenvalue weighted by Gasteiger charge is -2.39. The van der Waals surface area contributed by atoms with Gasteiger partial charge in [-0.25, -0.2) is 0 Å². The Morgan fingerprint density at radius 1 is 1.15 bits per heavy atom. The van der Waals surface area contributed by atoms with Gasteiger partial charge in [-0.1, -0.05) is 45.0 Å². The predicted octanol–water partition coefficient (Wildman–Crippen LogP) is 2.87. The Kier molecular flexibility index (Phi) is 3.80. The van der Waals surface area contributed by atoms with Crippen molar-refractivity contribution < 1.29 is 9.90 Å². The summed E-state index contributed by atoms with van der Waals surface area (Å²) < 4.78 is 0. The van der Waals surface area contributed by atoms with Gasteiger partial charge in [-0.15, -0.1) is 0 Å². The van der Waals surface area contributed by atoms with Crippen molar-refractivity contribution >= 4 is 22.4 Å². The van der Waals surface area contributed by atoms with E-state index in [2.05, 4.69) is 31.7 Å². The van der Waals surface area contributed by atoms with Crippen molar-refractivity contribution in [3.63, 3.8) is 0 Å². The molecule has 2 fully saturated rings. The second-order valence-corrected chi connectivity index (χ2v) is 8.34. The number of aliphatic hydroxyl groups is 1. The van der Waals surface area contributed by atoms with Crippen molar-refractivity contribution in [2.45, 2.75) is 45.5 Å². The molecule has 1 N–H and O–H groups in total. The molecule has 5 heteroatoms. The van der Waals surface area contributed by atoms with Crippen LogP contribution in [0, 0.1) is 16.7 Å². The molecule has 2 saturated heterocycles. The molecule has 26 heavy (non-hydrogen) atoms. The second-order valence-electron chi connectivity index (χ2n) is 8.34. The maximum atomic E-state index is 13.3. The van der Waals surface area contributed by atoms with Crippen molar-refractivity contribution in [2.24, 2.45) is 5.41 Å². The van der Waals surface area contributed by atoms with E-state index in [0.29, 0.717) is 18.5 Å². The van der Waals surface area contributed by atoms with Crippen molar-refractivity contribution in [2.75, 3.05) is 11.4 Å². The Bertz CT molecular complexity index is 925. The van der Waals surface area contributed by atoms with E-state index in [1.807, 2.05) is 35.2 Å². The van der Waals surface area contributed by atoms with Gasteiger partial charge in [0, 0.05) is 17.3 Å². The molecule has 0 radical (unpaired) electrons. The average molecular weight is 349 g/mol. The van der Waals surface area contributed by atoms with Gasteiger partial charge >= 0.3 is 0 Å². The number of benzene rings is 2. The lowest BCUT2D eigenvalue weighted by atomic mass is 9.90. The van der Waals surface area contributed by atoms with E-state index < -0.39 is 6.10 Å². The first kappa shape index (κ1) is 17.0. The Balaban J connectivity index is 1.91. The fourth-order valence-corrected chi connectivity index (χ4v) is 4.51. The molecule has 5 nitrogen and oxygen atoms in total. The van der Waals surface area contributed by atoms with Gasteiger partial charge in [-0.3, -0.25) is 14.6 Å². The number of amides is 1. The number of aliphatic hydroxyl groups excluding tert-OH is 1. The number of carbonyl (C=O) groups excluding carboxylic acids is 1. The Morgan fingerprint density at radius 3 is 2.50 bits per heavy atom. The van der Waals surface area contributed by atoms with E-state index in [-0.39, 0.29) is 23.5 Å². The quantitative estimate of drug-likeness (QED) is 0.860. The number of rotatable bonds is 1. The second kappa shape index (κ2) is 5.80. The van der Waals surface area contributed by atoms with E-state index in [1.54, 1.807) is 6.07 Å². The van der Waals surface area contributed by atoms with Crippen molar-refractivity contribution in [3.05, 3.63) is 42.0 Å². The molecule has 2 aromatic rings. The highest BCUT2D eigenvalue weighted by atomic mass is 16.3. The van der Waals surface area contributed by atoms with Crippen LogP contribution in [0.5, 0.6) is 0 Å². The molecule has 1 amide bonds. The van der Waals surface area contributed by atoms with Gasteiger partial charge in [0.2, 0.25) is 5.91 Å². The third-order valence-electron chi connectivity index (χ3n) is 5.45. The van der Waals surface area contributed by atoms with Gasteiger partial charge in [-0.05, 0) is 24.0 Å². The third-order valence-corrected chi connectivity index (χ3v) is 5.45. The zero-order chi connectivity index (χ0) is 18.6. The fourth-order valence-electron chi connectivity index (χ4n) is 4.51. The van der Waals surface area contributed by atoms with Gasteiger partial charge in [0.1, 0.15) is 0 Å². The molecule has 0 saturated carbocycles. The summed E-state index contributed by atoms with van der Waals surface area (Å²) in [5.41, 5.74) is 1.27. The molecule has 2 aliphatic rings. The molecule has 0 spiro atoms. The first-order valence-electron chi connectivity index (χ1n) is 9.01. The van der Waals surface area contributed by atoms with E-state index in [4.69, 9.17) is 0 Å². The van der Waals surface area contributed by atoms with Crippen molar-refractivity contribution in [1.29, 1.82) is 5.26 Å². The number of fused-ring (bicyclic) bond motifs is 2. The number of carbonyl (C=O) groups is 1. The summed E-state index contributed by atoms with van der Waals surface area (Å²) in [6, 6.07) is 13.4. The summed E-state index contributed by atoms with van der Waals surface area (Å²) in [5, 5.41) is 21.3. The van der Waals surface area contributed by atoms with Crippen LogP contribution in [0.3, 0.4) is 0 Å². The molecule has 3 unspecified atom stereocenters. The molecule has 0 aromatic heterocycles. The van der Waals surface area contributed by atoms with Crippen LogP contribution < -0.4 is 4.90 Å². The van der Waals surface area contributed by atoms with Gasteiger partial charge in [0.25, 0.3) is 0 Å². The summed E-state index contributed by atoms with van der Waals surface area (Å²) in [6.07, 6.45) is -0.0991. The summed E-state index contributed by atoms with van der Waals surface area (Å²) in [4.78, 5) is 17.3. The fraction of sp³-hybridized carbons (Fsp3) is 0.429. The largest absolute Gasteiger partial charge is 0.392 e. The average Bonchev–Trinajstić information content (AvgIpc) is 3.09. The predicted molar refractivity (Wildman–Crippen MR) is 101 cm³/mol. The van der Waals surface area contributed by atoms with Crippen molar-refractivity contribution in [3.8, 4) is 6.07 Å². The monoisotopic (exact) mass is 349 g/mol. The van der Waals surface area contributed by atoms with Crippen LogP contribution in [0.4, 0.5) is 5.69 Å². The van der Waals surface area contributed by atoms with Crippen LogP contribution in [0.1, 0.15) is 32.8 Å².